The van der Waals surface area contributed by atoms with E-state index in [2.05, 4.69) is 0 Å². The summed E-state index contributed by atoms with van der Waals surface area (Å²) in [6.07, 6.45) is 0. The molecule has 0 radical (unpaired) electrons. The second-order valence-corrected chi connectivity index (χ2v) is 6.31. The topological polar surface area (TPSA) is 72.8 Å². The molecule has 0 aromatic heterocycles. The van der Waals surface area contributed by atoms with Gasteiger partial charge < -0.3 is 14.6 Å². The minimum absolute atomic E-state index is 0.0455. The van der Waals surface area contributed by atoms with Crippen molar-refractivity contribution in [3.8, 4) is 17.2 Å². The maximum absolute atomic E-state index is 12.6. The Balaban J connectivity index is 1.72. The highest BCUT2D eigenvalue weighted by Gasteiger charge is 2.19. The lowest BCUT2D eigenvalue weighted by Gasteiger charge is -2.13. The van der Waals surface area contributed by atoms with Gasteiger partial charge in [-0.1, -0.05) is 48.5 Å². The average Bonchev–Trinajstić information content (AvgIpc) is 2.76. The fourth-order valence-corrected chi connectivity index (χ4v) is 2.89. The van der Waals surface area contributed by atoms with Crippen LogP contribution in [0.2, 0.25) is 0 Å². The van der Waals surface area contributed by atoms with Crippen LogP contribution in [0.15, 0.2) is 91.0 Å². The van der Waals surface area contributed by atoms with Crippen molar-refractivity contribution in [2.75, 3.05) is 0 Å². The molecule has 0 saturated carbocycles. The van der Waals surface area contributed by atoms with Crippen molar-refractivity contribution in [1.82, 2.24) is 0 Å². The van der Waals surface area contributed by atoms with E-state index in [1.54, 1.807) is 48.5 Å². The second-order valence-electron chi connectivity index (χ2n) is 6.31. The van der Waals surface area contributed by atoms with E-state index in [0.29, 0.717) is 10.9 Å². The molecule has 4 aromatic rings. The van der Waals surface area contributed by atoms with Gasteiger partial charge in [0.25, 0.3) is 0 Å². The molecule has 0 aliphatic carbocycles. The first-order valence-electron chi connectivity index (χ1n) is 8.92. The van der Waals surface area contributed by atoms with Crippen LogP contribution in [0.5, 0.6) is 17.2 Å². The third kappa shape index (κ3) is 3.94. The molecule has 0 atom stereocenters. The normalized spacial score (nSPS) is 10.5. The summed E-state index contributed by atoms with van der Waals surface area (Å²) < 4.78 is 11.2. The number of hydrogen-bond donors (Lipinski definition) is 1. The van der Waals surface area contributed by atoms with E-state index in [9.17, 15) is 14.7 Å². The summed E-state index contributed by atoms with van der Waals surface area (Å²) in [5, 5.41) is 10.9. The minimum Gasteiger partial charge on any atom is -0.508 e. The Morgan fingerprint density at radius 1 is 0.621 bits per heavy atom. The van der Waals surface area contributed by atoms with Crippen LogP contribution in [0.25, 0.3) is 10.8 Å². The lowest BCUT2D eigenvalue weighted by atomic mass is 10.1. The van der Waals surface area contributed by atoms with Crippen molar-refractivity contribution < 1.29 is 24.2 Å². The van der Waals surface area contributed by atoms with E-state index in [1.807, 2.05) is 18.2 Å². The lowest BCUT2D eigenvalue weighted by Crippen LogP contribution is -2.12. The predicted molar refractivity (Wildman–Crippen MR) is 108 cm³/mol. The number of fused-ring (bicyclic) bond motifs is 1. The number of ether oxygens (including phenoxy) is 2. The summed E-state index contributed by atoms with van der Waals surface area (Å²) >= 11 is 0. The van der Waals surface area contributed by atoms with Gasteiger partial charge in [0.05, 0.1) is 11.1 Å². The zero-order valence-electron chi connectivity index (χ0n) is 15.2. The Labute approximate surface area is 166 Å². The zero-order chi connectivity index (χ0) is 20.2. The Morgan fingerprint density at radius 3 is 2.00 bits per heavy atom. The van der Waals surface area contributed by atoms with E-state index in [4.69, 9.17) is 9.47 Å². The number of carbonyl (C=O) groups is 2. The van der Waals surface area contributed by atoms with Crippen LogP contribution in [-0.2, 0) is 0 Å². The summed E-state index contributed by atoms with van der Waals surface area (Å²) in [5.41, 5.74) is 0.646. The van der Waals surface area contributed by atoms with Gasteiger partial charge in [0, 0.05) is 5.39 Å². The third-order valence-electron chi connectivity index (χ3n) is 4.35. The van der Waals surface area contributed by atoms with Gasteiger partial charge in [0.2, 0.25) is 0 Å². The van der Waals surface area contributed by atoms with Gasteiger partial charge in [-0.2, -0.15) is 0 Å². The molecule has 0 aliphatic rings. The number of benzene rings is 4. The molecule has 142 valence electrons. The number of phenolic OH excluding ortho intramolecular Hbond substituents is 1. The molecule has 1 N–H and O–H groups in total. The SMILES string of the molecule is O=C(Oc1ccc2ccccc2c1OC(=O)c1ccc(O)cc1)c1ccccc1. The maximum Gasteiger partial charge on any atom is 0.343 e. The van der Waals surface area contributed by atoms with Crippen LogP contribution in [-0.4, -0.2) is 17.0 Å². The number of rotatable bonds is 4. The summed E-state index contributed by atoms with van der Waals surface area (Å²) in [6.45, 7) is 0. The molecule has 0 unspecified atom stereocenters. The minimum atomic E-state index is -0.627. The molecular formula is C24H16O5. The molecule has 0 aliphatic heterocycles. The van der Waals surface area contributed by atoms with Gasteiger partial charge in [-0.3, -0.25) is 0 Å². The molecule has 0 bridgehead atoms. The smallest absolute Gasteiger partial charge is 0.343 e. The van der Waals surface area contributed by atoms with Crippen molar-refractivity contribution in [2.24, 2.45) is 0 Å². The quantitative estimate of drug-likeness (QED) is 0.397. The van der Waals surface area contributed by atoms with Crippen LogP contribution in [0.3, 0.4) is 0 Å². The second kappa shape index (κ2) is 7.86. The van der Waals surface area contributed by atoms with Crippen LogP contribution in [0, 0.1) is 0 Å². The third-order valence-corrected chi connectivity index (χ3v) is 4.35. The van der Waals surface area contributed by atoms with Gasteiger partial charge in [-0.05, 0) is 47.9 Å². The molecule has 4 rings (SSSR count). The Bertz CT molecular complexity index is 1180. The number of carbonyl (C=O) groups excluding carboxylic acids is 2. The molecule has 0 amide bonds. The maximum atomic E-state index is 12.6. The monoisotopic (exact) mass is 384 g/mol. The summed E-state index contributed by atoms with van der Waals surface area (Å²) in [6, 6.07) is 25.0. The highest BCUT2D eigenvalue weighted by molar-refractivity contribution is 5.98. The summed E-state index contributed by atoms with van der Waals surface area (Å²) in [7, 11) is 0. The van der Waals surface area contributed by atoms with Gasteiger partial charge in [-0.25, -0.2) is 9.59 Å². The van der Waals surface area contributed by atoms with Crippen molar-refractivity contribution in [2.45, 2.75) is 0 Å². The van der Waals surface area contributed by atoms with Gasteiger partial charge in [0.1, 0.15) is 5.75 Å². The number of phenols is 1. The van der Waals surface area contributed by atoms with E-state index >= 15 is 0 Å². The zero-order valence-corrected chi connectivity index (χ0v) is 15.2. The first-order chi connectivity index (χ1) is 14.1. The Hall–Kier alpha value is -4.12. The molecule has 0 heterocycles. The van der Waals surface area contributed by atoms with E-state index in [0.717, 1.165) is 5.39 Å². The lowest BCUT2D eigenvalue weighted by molar-refractivity contribution is 0.0684. The molecule has 0 saturated heterocycles. The fraction of sp³-hybridized carbons (Fsp3) is 0. The van der Waals surface area contributed by atoms with Gasteiger partial charge in [0.15, 0.2) is 11.5 Å². The molecule has 0 fully saturated rings. The van der Waals surface area contributed by atoms with Gasteiger partial charge >= 0.3 is 11.9 Å². The molecule has 5 heteroatoms. The van der Waals surface area contributed by atoms with Crippen LogP contribution in [0.4, 0.5) is 0 Å². The first kappa shape index (κ1) is 18.3. The van der Waals surface area contributed by atoms with Gasteiger partial charge in [-0.15, -0.1) is 0 Å². The predicted octanol–water partition coefficient (Wildman–Crippen LogP) is 4.98. The van der Waals surface area contributed by atoms with Crippen molar-refractivity contribution >= 4 is 22.7 Å². The number of esters is 2. The van der Waals surface area contributed by atoms with Crippen LogP contribution in [0.1, 0.15) is 20.7 Å². The Morgan fingerprint density at radius 2 is 1.24 bits per heavy atom. The molecular weight excluding hydrogens is 368 g/mol. The number of hydrogen-bond acceptors (Lipinski definition) is 5. The largest absolute Gasteiger partial charge is 0.508 e. The van der Waals surface area contributed by atoms with Crippen molar-refractivity contribution in [3.05, 3.63) is 102 Å². The fourth-order valence-electron chi connectivity index (χ4n) is 2.89. The van der Waals surface area contributed by atoms with Crippen LogP contribution >= 0.6 is 0 Å². The first-order valence-corrected chi connectivity index (χ1v) is 8.92. The highest BCUT2D eigenvalue weighted by Crippen LogP contribution is 2.36. The van der Waals surface area contributed by atoms with E-state index < -0.39 is 11.9 Å². The van der Waals surface area contributed by atoms with Crippen LogP contribution < -0.4 is 9.47 Å². The molecule has 4 aromatic carbocycles. The highest BCUT2D eigenvalue weighted by atomic mass is 16.6. The van der Waals surface area contributed by atoms with Crippen molar-refractivity contribution in [3.63, 3.8) is 0 Å². The van der Waals surface area contributed by atoms with Crippen molar-refractivity contribution in [1.29, 1.82) is 0 Å². The molecule has 0 spiro atoms. The summed E-state index contributed by atoms with van der Waals surface area (Å²) in [4.78, 5) is 25.1. The average molecular weight is 384 g/mol. The number of aromatic hydroxyl groups is 1. The summed E-state index contributed by atoms with van der Waals surface area (Å²) in [5.74, 6) is -0.833. The molecule has 29 heavy (non-hydrogen) atoms. The van der Waals surface area contributed by atoms with E-state index in [1.165, 1.54) is 24.3 Å². The standard InChI is InChI=1S/C24H16O5/c25-19-13-10-18(11-14-19)24(27)29-22-20-9-5-4-6-16(20)12-15-21(22)28-23(26)17-7-2-1-3-8-17/h1-15,25H. The Kier molecular flexibility index (Phi) is 4.95. The molecule has 5 nitrogen and oxygen atoms in total. The van der Waals surface area contributed by atoms with E-state index in [-0.39, 0.29) is 22.8 Å².